The highest BCUT2D eigenvalue weighted by atomic mass is 16.5. The number of carbonyl (C=O) groups excluding carboxylic acids is 1. The summed E-state index contributed by atoms with van der Waals surface area (Å²) in [6, 6.07) is 6.49. The zero-order valence-electron chi connectivity index (χ0n) is 10.8. The van der Waals surface area contributed by atoms with E-state index in [1.165, 1.54) is 19.1 Å². The zero-order valence-corrected chi connectivity index (χ0v) is 10.8. The largest absolute Gasteiger partial charge is 0.497 e. The fourth-order valence-corrected chi connectivity index (χ4v) is 1.96. The SMILES string of the molecule is COc1ccc(OC)c(N2C(=O)COCC2C#N)c1. The molecule has 1 atom stereocenters. The van der Waals surface area contributed by atoms with Crippen LogP contribution in [0.2, 0.25) is 0 Å². The van der Waals surface area contributed by atoms with Crippen molar-refractivity contribution in [1.82, 2.24) is 0 Å². The summed E-state index contributed by atoms with van der Waals surface area (Å²) in [6.45, 7) is 0.140. The lowest BCUT2D eigenvalue weighted by Crippen LogP contribution is -2.49. The van der Waals surface area contributed by atoms with Gasteiger partial charge in [0, 0.05) is 6.07 Å². The standard InChI is InChI=1S/C13H14N2O4/c1-17-10-3-4-12(18-2)11(5-10)15-9(6-14)7-19-8-13(15)16/h3-5,9H,7-8H2,1-2H3. The minimum Gasteiger partial charge on any atom is -0.497 e. The Morgan fingerprint density at radius 2 is 2.21 bits per heavy atom. The number of amides is 1. The monoisotopic (exact) mass is 262 g/mol. The molecule has 1 saturated heterocycles. The van der Waals surface area contributed by atoms with Gasteiger partial charge in [-0.25, -0.2) is 0 Å². The maximum absolute atomic E-state index is 12.0. The molecule has 6 nitrogen and oxygen atoms in total. The molecule has 1 aromatic carbocycles. The van der Waals surface area contributed by atoms with E-state index in [9.17, 15) is 4.79 Å². The van der Waals surface area contributed by atoms with Gasteiger partial charge in [-0.15, -0.1) is 0 Å². The van der Waals surface area contributed by atoms with Crippen LogP contribution < -0.4 is 14.4 Å². The number of anilines is 1. The van der Waals surface area contributed by atoms with E-state index in [0.29, 0.717) is 17.2 Å². The maximum atomic E-state index is 12.0. The van der Waals surface area contributed by atoms with Crippen LogP contribution in [0.15, 0.2) is 18.2 Å². The van der Waals surface area contributed by atoms with Crippen molar-refractivity contribution in [3.63, 3.8) is 0 Å². The van der Waals surface area contributed by atoms with Gasteiger partial charge in [0.25, 0.3) is 5.91 Å². The van der Waals surface area contributed by atoms with Crippen molar-refractivity contribution >= 4 is 11.6 Å². The number of morpholine rings is 1. The molecule has 1 fully saturated rings. The van der Waals surface area contributed by atoms with Gasteiger partial charge in [0.15, 0.2) is 0 Å². The number of ether oxygens (including phenoxy) is 3. The smallest absolute Gasteiger partial charge is 0.254 e. The third-order valence-electron chi connectivity index (χ3n) is 2.88. The van der Waals surface area contributed by atoms with Crippen molar-refractivity contribution in [2.75, 3.05) is 32.3 Å². The third-order valence-corrected chi connectivity index (χ3v) is 2.88. The molecule has 0 aliphatic carbocycles. The Labute approximate surface area is 111 Å². The van der Waals surface area contributed by atoms with Crippen LogP contribution in [0.3, 0.4) is 0 Å². The predicted molar refractivity (Wildman–Crippen MR) is 67.3 cm³/mol. The molecule has 1 amide bonds. The van der Waals surface area contributed by atoms with Gasteiger partial charge in [0.2, 0.25) is 0 Å². The summed E-state index contributed by atoms with van der Waals surface area (Å²) < 4.78 is 15.5. The first-order valence-electron chi connectivity index (χ1n) is 5.72. The van der Waals surface area contributed by atoms with E-state index in [-0.39, 0.29) is 19.1 Å². The third kappa shape index (κ3) is 2.46. The average Bonchev–Trinajstić information content (AvgIpc) is 2.46. The molecule has 1 aromatic rings. The number of benzene rings is 1. The highest BCUT2D eigenvalue weighted by Gasteiger charge is 2.32. The number of hydrogen-bond donors (Lipinski definition) is 0. The first-order valence-corrected chi connectivity index (χ1v) is 5.72. The maximum Gasteiger partial charge on any atom is 0.254 e. The van der Waals surface area contributed by atoms with E-state index in [4.69, 9.17) is 19.5 Å². The number of hydrogen-bond acceptors (Lipinski definition) is 5. The fourth-order valence-electron chi connectivity index (χ4n) is 1.96. The molecule has 0 N–H and O–H groups in total. The van der Waals surface area contributed by atoms with E-state index < -0.39 is 6.04 Å². The van der Waals surface area contributed by atoms with E-state index in [1.807, 2.05) is 0 Å². The Kier molecular flexibility index (Phi) is 3.88. The van der Waals surface area contributed by atoms with Gasteiger partial charge in [0.1, 0.15) is 24.1 Å². The van der Waals surface area contributed by atoms with Crippen LogP contribution in [0, 0.1) is 11.3 Å². The van der Waals surface area contributed by atoms with Crippen LogP contribution in [-0.2, 0) is 9.53 Å². The number of carbonyl (C=O) groups is 1. The number of rotatable bonds is 3. The van der Waals surface area contributed by atoms with Crippen molar-refractivity contribution in [1.29, 1.82) is 5.26 Å². The summed E-state index contributed by atoms with van der Waals surface area (Å²) in [7, 11) is 3.05. The average molecular weight is 262 g/mol. The Morgan fingerprint density at radius 3 is 2.84 bits per heavy atom. The summed E-state index contributed by atoms with van der Waals surface area (Å²) in [5.41, 5.74) is 0.515. The van der Waals surface area contributed by atoms with Crippen LogP contribution in [0.5, 0.6) is 11.5 Å². The molecule has 1 heterocycles. The normalized spacial score (nSPS) is 18.9. The zero-order chi connectivity index (χ0) is 13.8. The van der Waals surface area contributed by atoms with Crippen molar-refractivity contribution in [3.05, 3.63) is 18.2 Å². The number of methoxy groups -OCH3 is 2. The summed E-state index contributed by atoms with van der Waals surface area (Å²) in [5, 5.41) is 9.13. The van der Waals surface area contributed by atoms with Crippen molar-refractivity contribution in [3.8, 4) is 17.6 Å². The van der Waals surface area contributed by atoms with Gasteiger partial charge in [-0.3, -0.25) is 9.69 Å². The highest BCUT2D eigenvalue weighted by Crippen LogP contribution is 2.34. The fraction of sp³-hybridized carbons (Fsp3) is 0.385. The van der Waals surface area contributed by atoms with Crippen molar-refractivity contribution in [2.24, 2.45) is 0 Å². The van der Waals surface area contributed by atoms with Crippen LogP contribution >= 0.6 is 0 Å². The molecule has 1 unspecified atom stereocenters. The first-order chi connectivity index (χ1) is 9.21. The van der Waals surface area contributed by atoms with E-state index in [1.54, 1.807) is 18.2 Å². The lowest BCUT2D eigenvalue weighted by atomic mass is 10.1. The lowest BCUT2D eigenvalue weighted by Gasteiger charge is -2.32. The van der Waals surface area contributed by atoms with Gasteiger partial charge in [-0.2, -0.15) is 5.26 Å². The molecule has 19 heavy (non-hydrogen) atoms. The predicted octanol–water partition coefficient (Wildman–Crippen LogP) is 0.959. The van der Waals surface area contributed by atoms with Crippen LogP contribution in [-0.4, -0.2) is 39.4 Å². The Morgan fingerprint density at radius 1 is 1.42 bits per heavy atom. The van der Waals surface area contributed by atoms with Crippen LogP contribution in [0.1, 0.15) is 0 Å². The van der Waals surface area contributed by atoms with Gasteiger partial charge < -0.3 is 14.2 Å². The highest BCUT2D eigenvalue weighted by molar-refractivity contribution is 5.97. The second-order valence-electron chi connectivity index (χ2n) is 3.96. The van der Waals surface area contributed by atoms with E-state index >= 15 is 0 Å². The van der Waals surface area contributed by atoms with Crippen molar-refractivity contribution < 1.29 is 19.0 Å². The quantitative estimate of drug-likeness (QED) is 0.811. The molecule has 0 aromatic heterocycles. The Balaban J connectivity index is 2.48. The van der Waals surface area contributed by atoms with Gasteiger partial charge >= 0.3 is 0 Å². The minimum absolute atomic E-state index is 0.0431. The topological polar surface area (TPSA) is 71.8 Å². The van der Waals surface area contributed by atoms with Gasteiger partial charge in [-0.1, -0.05) is 0 Å². The summed E-state index contributed by atoms with van der Waals surface area (Å²) in [6.07, 6.45) is 0. The van der Waals surface area contributed by atoms with Crippen molar-refractivity contribution in [2.45, 2.75) is 6.04 Å². The molecular weight excluding hydrogens is 248 g/mol. The Bertz CT molecular complexity index is 524. The molecule has 0 bridgehead atoms. The van der Waals surface area contributed by atoms with E-state index in [2.05, 4.69) is 6.07 Å². The molecule has 0 spiro atoms. The summed E-state index contributed by atoms with van der Waals surface area (Å²) in [4.78, 5) is 13.4. The summed E-state index contributed by atoms with van der Waals surface area (Å²) in [5.74, 6) is 0.826. The lowest BCUT2D eigenvalue weighted by molar-refractivity contribution is -0.126. The van der Waals surface area contributed by atoms with Crippen LogP contribution in [0.4, 0.5) is 5.69 Å². The second-order valence-corrected chi connectivity index (χ2v) is 3.96. The molecule has 0 saturated carbocycles. The van der Waals surface area contributed by atoms with E-state index in [0.717, 1.165) is 0 Å². The van der Waals surface area contributed by atoms with Gasteiger partial charge in [0.05, 0.1) is 32.6 Å². The molecule has 2 rings (SSSR count). The molecule has 0 radical (unpaired) electrons. The molecular formula is C13H14N2O4. The molecule has 6 heteroatoms. The summed E-state index contributed by atoms with van der Waals surface area (Å²) >= 11 is 0. The Hall–Kier alpha value is -2.26. The first kappa shape index (κ1) is 13.2. The number of nitriles is 1. The van der Waals surface area contributed by atoms with Gasteiger partial charge in [-0.05, 0) is 12.1 Å². The molecule has 100 valence electrons. The number of nitrogens with zero attached hydrogens (tertiary/aromatic N) is 2. The minimum atomic E-state index is -0.665. The van der Waals surface area contributed by atoms with Crippen LogP contribution in [0.25, 0.3) is 0 Å². The second kappa shape index (κ2) is 5.59. The molecule has 1 aliphatic rings. The molecule has 1 aliphatic heterocycles.